The SMILES string of the molecule is COc1ccc(C2=NN(C(=N)c3n[nH]c4c3CCC4)C(=N)SC2C)cc1. The zero-order valence-electron chi connectivity index (χ0n) is 14.7. The fourth-order valence-corrected chi connectivity index (χ4v) is 4.19. The average molecular weight is 368 g/mol. The Balaban J connectivity index is 1.69. The number of nitrogens with one attached hydrogen (secondary N) is 3. The van der Waals surface area contributed by atoms with Crippen LogP contribution in [-0.2, 0) is 12.8 Å². The Hall–Kier alpha value is -2.61. The molecule has 0 bridgehead atoms. The molecule has 8 heteroatoms. The van der Waals surface area contributed by atoms with E-state index in [2.05, 4.69) is 15.3 Å². The maximum atomic E-state index is 8.58. The highest BCUT2D eigenvalue weighted by Gasteiger charge is 2.31. The van der Waals surface area contributed by atoms with Gasteiger partial charge in [-0.1, -0.05) is 11.8 Å². The minimum absolute atomic E-state index is 0.0323. The predicted molar refractivity (Wildman–Crippen MR) is 104 cm³/mol. The highest BCUT2D eigenvalue weighted by atomic mass is 32.2. The molecule has 4 rings (SSSR count). The lowest BCUT2D eigenvalue weighted by molar-refractivity contribution is 0.415. The number of hydrogen-bond donors (Lipinski definition) is 3. The molecule has 1 aliphatic carbocycles. The van der Waals surface area contributed by atoms with E-state index < -0.39 is 0 Å². The lowest BCUT2D eigenvalue weighted by Gasteiger charge is -2.28. The van der Waals surface area contributed by atoms with Crippen molar-refractivity contribution in [3.05, 3.63) is 46.8 Å². The van der Waals surface area contributed by atoms with E-state index in [4.69, 9.17) is 15.6 Å². The first-order chi connectivity index (χ1) is 12.6. The number of hydrazone groups is 1. The summed E-state index contributed by atoms with van der Waals surface area (Å²) >= 11 is 1.39. The van der Waals surface area contributed by atoms with Crippen LogP contribution in [0, 0.1) is 10.8 Å². The fraction of sp³-hybridized carbons (Fsp3) is 0.333. The Bertz CT molecular complexity index is 901. The third kappa shape index (κ3) is 2.80. The number of amidine groups is 2. The molecule has 2 aromatic rings. The molecule has 1 aliphatic heterocycles. The highest BCUT2D eigenvalue weighted by molar-refractivity contribution is 8.14. The van der Waals surface area contributed by atoms with Gasteiger partial charge >= 0.3 is 0 Å². The molecule has 7 nitrogen and oxygen atoms in total. The van der Waals surface area contributed by atoms with Crippen molar-refractivity contribution >= 4 is 28.5 Å². The quantitative estimate of drug-likeness (QED) is 0.572. The Kier molecular flexibility index (Phi) is 4.28. The molecule has 3 N–H and O–H groups in total. The second-order valence-electron chi connectivity index (χ2n) is 6.32. The Morgan fingerprint density at radius 3 is 2.81 bits per heavy atom. The van der Waals surface area contributed by atoms with Gasteiger partial charge in [0.15, 0.2) is 11.0 Å². The molecule has 0 fully saturated rings. The van der Waals surface area contributed by atoms with Gasteiger partial charge < -0.3 is 4.74 Å². The second kappa shape index (κ2) is 6.60. The third-order valence-corrected chi connectivity index (χ3v) is 5.67. The zero-order chi connectivity index (χ0) is 18.3. The number of aromatic nitrogens is 2. The summed E-state index contributed by atoms with van der Waals surface area (Å²) in [5.41, 5.74) is 4.60. The molecular weight excluding hydrogens is 348 g/mol. The normalized spacial score (nSPS) is 19.3. The van der Waals surface area contributed by atoms with Crippen LogP contribution in [0.15, 0.2) is 29.4 Å². The van der Waals surface area contributed by atoms with E-state index in [9.17, 15) is 0 Å². The summed E-state index contributed by atoms with van der Waals surface area (Å²) in [6.45, 7) is 2.02. The third-order valence-electron chi connectivity index (χ3n) is 4.70. The van der Waals surface area contributed by atoms with Gasteiger partial charge in [0.25, 0.3) is 0 Å². The number of hydrogen-bond acceptors (Lipinski definition) is 6. The molecule has 0 saturated carbocycles. The van der Waals surface area contributed by atoms with Crippen LogP contribution in [0.1, 0.15) is 35.9 Å². The van der Waals surface area contributed by atoms with Crippen molar-refractivity contribution in [1.82, 2.24) is 15.2 Å². The molecule has 0 saturated heterocycles. The van der Waals surface area contributed by atoms with Crippen molar-refractivity contribution in [1.29, 1.82) is 10.8 Å². The van der Waals surface area contributed by atoms with Gasteiger partial charge in [-0.2, -0.15) is 15.2 Å². The van der Waals surface area contributed by atoms with Crippen LogP contribution in [0.3, 0.4) is 0 Å². The van der Waals surface area contributed by atoms with E-state index in [1.165, 1.54) is 16.8 Å². The van der Waals surface area contributed by atoms with Crippen LogP contribution in [0.5, 0.6) is 5.75 Å². The largest absolute Gasteiger partial charge is 0.497 e. The molecule has 134 valence electrons. The number of nitrogens with zero attached hydrogens (tertiary/aromatic N) is 3. The number of methoxy groups -OCH3 is 1. The summed E-state index contributed by atoms with van der Waals surface area (Å²) in [7, 11) is 1.64. The van der Waals surface area contributed by atoms with E-state index in [1.54, 1.807) is 7.11 Å². The number of ether oxygens (including phenoxy) is 1. The molecule has 2 aliphatic rings. The first-order valence-electron chi connectivity index (χ1n) is 8.51. The Morgan fingerprint density at radius 1 is 1.31 bits per heavy atom. The molecule has 1 unspecified atom stereocenters. The van der Waals surface area contributed by atoms with Crippen LogP contribution >= 0.6 is 11.8 Å². The maximum absolute atomic E-state index is 8.58. The number of H-pyrrole nitrogens is 1. The lowest BCUT2D eigenvalue weighted by Crippen LogP contribution is -2.39. The summed E-state index contributed by atoms with van der Waals surface area (Å²) in [4.78, 5) is 0. The molecule has 1 atom stereocenters. The number of rotatable bonds is 3. The van der Waals surface area contributed by atoms with Crippen LogP contribution in [-0.4, -0.2) is 44.3 Å². The van der Waals surface area contributed by atoms with Gasteiger partial charge in [-0.05, 0) is 56.0 Å². The minimum atomic E-state index is 0.0323. The van der Waals surface area contributed by atoms with E-state index in [0.29, 0.717) is 5.69 Å². The van der Waals surface area contributed by atoms with Gasteiger partial charge in [-0.25, -0.2) is 0 Å². The van der Waals surface area contributed by atoms with E-state index in [-0.39, 0.29) is 16.3 Å². The smallest absolute Gasteiger partial charge is 0.184 e. The van der Waals surface area contributed by atoms with Crippen molar-refractivity contribution in [2.75, 3.05) is 7.11 Å². The van der Waals surface area contributed by atoms with Gasteiger partial charge in [0.2, 0.25) is 0 Å². The van der Waals surface area contributed by atoms with Gasteiger partial charge in [0, 0.05) is 11.3 Å². The molecule has 1 aromatic heterocycles. The van der Waals surface area contributed by atoms with Crippen LogP contribution in [0.25, 0.3) is 0 Å². The lowest BCUT2D eigenvalue weighted by atomic mass is 10.1. The summed E-state index contributed by atoms with van der Waals surface area (Å²) in [5.74, 6) is 0.940. The van der Waals surface area contributed by atoms with Gasteiger partial charge in [0.1, 0.15) is 11.4 Å². The predicted octanol–water partition coefficient (Wildman–Crippen LogP) is 3.01. The van der Waals surface area contributed by atoms with E-state index >= 15 is 0 Å². The fourth-order valence-electron chi connectivity index (χ4n) is 3.33. The number of fused-ring (bicyclic) bond motifs is 1. The van der Waals surface area contributed by atoms with Crippen molar-refractivity contribution in [3.63, 3.8) is 0 Å². The van der Waals surface area contributed by atoms with E-state index in [1.807, 2.05) is 31.2 Å². The summed E-state index contributed by atoms with van der Waals surface area (Å²) < 4.78 is 5.22. The molecular formula is C18H20N6OS. The molecule has 0 radical (unpaired) electrons. The molecule has 0 spiro atoms. The number of aromatic amines is 1. The van der Waals surface area contributed by atoms with Crippen molar-refractivity contribution in [2.24, 2.45) is 5.10 Å². The first-order valence-corrected chi connectivity index (χ1v) is 9.39. The monoisotopic (exact) mass is 368 g/mol. The number of aryl methyl sites for hydroxylation is 1. The van der Waals surface area contributed by atoms with Gasteiger partial charge in [-0.3, -0.25) is 15.9 Å². The van der Waals surface area contributed by atoms with Crippen LogP contribution < -0.4 is 4.74 Å². The van der Waals surface area contributed by atoms with Crippen molar-refractivity contribution in [2.45, 2.75) is 31.4 Å². The first kappa shape index (κ1) is 16.8. The summed E-state index contributed by atoms with van der Waals surface area (Å²) in [5, 5.41) is 30.5. The minimum Gasteiger partial charge on any atom is -0.497 e. The number of benzene rings is 1. The maximum Gasteiger partial charge on any atom is 0.184 e. The summed E-state index contributed by atoms with van der Waals surface area (Å²) in [6.07, 6.45) is 2.97. The highest BCUT2D eigenvalue weighted by Crippen LogP contribution is 2.29. The average Bonchev–Trinajstić information content (AvgIpc) is 3.25. The van der Waals surface area contributed by atoms with Gasteiger partial charge in [-0.15, -0.1) is 0 Å². The topological polar surface area (TPSA) is 101 Å². The zero-order valence-corrected chi connectivity index (χ0v) is 15.5. The van der Waals surface area contributed by atoms with Gasteiger partial charge in [0.05, 0.1) is 18.1 Å². The molecule has 2 heterocycles. The second-order valence-corrected chi connectivity index (χ2v) is 7.65. The van der Waals surface area contributed by atoms with Crippen LogP contribution in [0.4, 0.5) is 0 Å². The van der Waals surface area contributed by atoms with Crippen LogP contribution in [0.2, 0.25) is 0 Å². The molecule has 1 aromatic carbocycles. The number of thioether (sulfide) groups is 1. The molecule has 0 amide bonds. The van der Waals surface area contributed by atoms with E-state index in [0.717, 1.165) is 47.5 Å². The summed E-state index contributed by atoms with van der Waals surface area (Å²) in [6, 6.07) is 7.70. The van der Waals surface area contributed by atoms with Crippen molar-refractivity contribution in [3.8, 4) is 5.75 Å². The van der Waals surface area contributed by atoms with Crippen molar-refractivity contribution < 1.29 is 4.74 Å². The standard InChI is InChI=1S/C18H20N6OS/c1-10-15(11-6-8-12(25-2)9-7-11)23-24(18(20)26-10)17(19)16-13-4-3-5-14(13)21-22-16/h6-10,19-20H,3-5H2,1-2H3,(H,21,22). The Morgan fingerprint density at radius 2 is 2.08 bits per heavy atom. The Labute approximate surface area is 155 Å². The molecule has 26 heavy (non-hydrogen) atoms.